The predicted molar refractivity (Wildman–Crippen MR) is 102 cm³/mol. The van der Waals surface area contributed by atoms with Gasteiger partial charge in [0.05, 0.1) is 7.11 Å². The molecule has 0 aromatic carbocycles. The molecular formula is C17H27N5O4S. The third-order valence-electron chi connectivity index (χ3n) is 4.44. The molecule has 0 aliphatic rings. The lowest BCUT2D eigenvalue weighted by Crippen LogP contribution is -2.45. The number of nitrogens with zero attached hydrogens (tertiary/aromatic N) is 4. The van der Waals surface area contributed by atoms with E-state index < -0.39 is 18.1 Å². The number of hydrogen-bond donors (Lipinski definition) is 2. The van der Waals surface area contributed by atoms with Crippen LogP contribution in [0.1, 0.15) is 62.1 Å². The molecule has 1 rings (SSSR count). The third-order valence-corrected chi connectivity index (χ3v) is 5.38. The van der Waals surface area contributed by atoms with E-state index in [1.54, 1.807) is 0 Å². The van der Waals surface area contributed by atoms with Crippen LogP contribution in [0.2, 0.25) is 0 Å². The van der Waals surface area contributed by atoms with E-state index >= 15 is 0 Å². The molecule has 27 heavy (non-hydrogen) atoms. The number of carbonyl (C=O) groups excluding carboxylic acids is 2. The minimum absolute atomic E-state index is 0.0345. The van der Waals surface area contributed by atoms with E-state index in [0.29, 0.717) is 11.4 Å². The smallest absolute Gasteiger partial charge is 0.357 e. The number of aromatic nitrogens is 1. The summed E-state index contributed by atoms with van der Waals surface area (Å²) in [5.41, 5.74) is 8.87. The van der Waals surface area contributed by atoms with Crippen molar-refractivity contribution >= 4 is 23.2 Å². The number of hydrogen-bond acceptors (Lipinski definition) is 7. The lowest BCUT2D eigenvalue weighted by atomic mass is 9.95. The number of amides is 1. The summed E-state index contributed by atoms with van der Waals surface area (Å²) in [5, 5.41) is 18.9. The summed E-state index contributed by atoms with van der Waals surface area (Å²) in [6.07, 6.45) is -0.0228. The third kappa shape index (κ3) is 6.50. The first kappa shape index (κ1) is 22.9. The maximum absolute atomic E-state index is 12.6. The van der Waals surface area contributed by atoms with Crippen molar-refractivity contribution in [1.29, 1.82) is 0 Å². The average Bonchev–Trinajstić information content (AvgIpc) is 3.14. The maximum Gasteiger partial charge on any atom is 0.357 e. The fraction of sp³-hybridized carbons (Fsp3) is 0.706. The molecule has 0 saturated carbocycles. The van der Waals surface area contributed by atoms with Crippen LogP contribution in [-0.2, 0) is 9.53 Å². The minimum atomic E-state index is -0.942. The fourth-order valence-corrected chi connectivity index (χ4v) is 3.24. The zero-order chi connectivity index (χ0) is 20.6. The van der Waals surface area contributed by atoms with Gasteiger partial charge in [-0.2, -0.15) is 0 Å². The fourth-order valence-electron chi connectivity index (χ4n) is 2.45. The number of rotatable bonds is 10. The minimum Gasteiger partial charge on any atom is -0.464 e. The van der Waals surface area contributed by atoms with Crippen molar-refractivity contribution < 1.29 is 19.4 Å². The van der Waals surface area contributed by atoms with Gasteiger partial charge >= 0.3 is 5.97 Å². The van der Waals surface area contributed by atoms with Crippen molar-refractivity contribution in [3.8, 4) is 0 Å². The topological polar surface area (TPSA) is 137 Å². The molecule has 1 amide bonds. The molecule has 150 valence electrons. The number of esters is 1. The van der Waals surface area contributed by atoms with Gasteiger partial charge in [0.15, 0.2) is 5.69 Å². The molecule has 1 heterocycles. The van der Waals surface area contributed by atoms with Crippen LogP contribution in [0.3, 0.4) is 0 Å². The molecule has 0 saturated heterocycles. The van der Waals surface area contributed by atoms with Gasteiger partial charge < -0.3 is 15.2 Å². The van der Waals surface area contributed by atoms with E-state index in [0.717, 1.165) is 11.3 Å². The zero-order valence-electron chi connectivity index (χ0n) is 16.2. The van der Waals surface area contributed by atoms with Gasteiger partial charge in [-0.15, -0.1) is 11.3 Å². The molecule has 10 heteroatoms. The van der Waals surface area contributed by atoms with Crippen LogP contribution in [0.15, 0.2) is 10.5 Å². The summed E-state index contributed by atoms with van der Waals surface area (Å²) in [6, 6.07) is -1.15. The van der Waals surface area contributed by atoms with Crippen LogP contribution in [0.4, 0.5) is 0 Å². The second-order valence-corrected chi connectivity index (χ2v) is 7.60. The Kier molecular flexibility index (Phi) is 9.20. The normalized spacial score (nSPS) is 15.4. The molecule has 2 N–H and O–H groups in total. The number of azide groups is 1. The highest BCUT2D eigenvalue weighted by Crippen LogP contribution is 2.25. The highest BCUT2D eigenvalue weighted by Gasteiger charge is 2.28. The van der Waals surface area contributed by atoms with Gasteiger partial charge in [-0.3, -0.25) is 4.79 Å². The van der Waals surface area contributed by atoms with E-state index in [2.05, 4.69) is 25.1 Å². The summed E-state index contributed by atoms with van der Waals surface area (Å²) < 4.78 is 4.61. The van der Waals surface area contributed by atoms with Gasteiger partial charge in [0.1, 0.15) is 17.2 Å². The number of aliphatic hydroxyl groups excluding tert-OH is 1. The number of carbonyl (C=O) groups is 2. The predicted octanol–water partition coefficient (Wildman–Crippen LogP) is 3.22. The molecule has 1 aromatic heterocycles. The summed E-state index contributed by atoms with van der Waals surface area (Å²) in [4.78, 5) is 30.9. The molecule has 0 spiro atoms. The van der Waals surface area contributed by atoms with Crippen molar-refractivity contribution in [2.24, 2.45) is 17.0 Å². The Bertz CT molecular complexity index is 687. The molecule has 1 unspecified atom stereocenters. The molecule has 1 aromatic rings. The Morgan fingerprint density at radius 3 is 2.63 bits per heavy atom. The molecule has 0 aliphatic heterocycles. The van der Waals surface area contributed by atoms with E-state index in [1.807, 2.05) is 27.7 Å². The monoisotopic (exact) mass is 397 g/mol. The maximum atomic E-state index is 12.6. The highest BCUT2D eigenvalue weighted by molar-refractivity contribution is 7.09. The number of thiazole rings is 1. The quantitative estimate of drug-likeness (QED) is 0.270. The Hall–Kier alpha value is -2.16. The number of nitrogens with one attached hydrogen (secondary N) is 1. The van der Waals surface area contributed by atoms with Crippen molar-refractivity contribution in [1.82, 2.24) is 10.3 Å². The van der Waals surface area contributed by atoms with Crippen molar-refractivity contribution in [3.05, 3.63) is 26.5 Å². The van der Waals surface area contributed by atoms with Crippen LogP contribution >= 0.6 is 11.3 Å². The molecular weight excluding hydrogens is 370 g/mol. The lowest BCUT2D eigenvalue weighted by Gasteiger charge is -2.27. The Balaban J connectivity index is 2.86. The summed E-state index contributed by atoms with van der Waals surface area (Å²) in [7, 11) is 1.26. The number of ether oxygens (including phenoxy) is 1. The Labute approximate surface area is 162 Å². The summed E-state index contributed by atoms with van der Waals surface area (Å²) in [6.45, 7) is 7.61. The van der Waals surface area contributed by atoms with Crippen LogP contribution in [0, 0.1) is 11.8 Å². The molecule has 0 radical (unpaired) electrons. The number of aliphatic hydroxyl groups is 1. The van der Waals surface area contributed by atoms with Gasteiger partial charge in [-0.05, 0) is 17.4 Å². The molecule has 9 nitrogen and oxygen atoms in total. The van der Waals surface area contributed by atoms with Gasteiger partial charge in [-0.1, -0.05) is 39.2 Å². The van der Waals surface area contributed by atoms with Crippen LogP contribution < -0.4 is 5.32 Å². The number of methoxy groups -OCH3 is 1. The molecule has 0 bridgehead atoms. The SMILES string of the molecule is CC[C@H](C)C(N=[N+]=[N-])C(=O)N[C@H](C[C@@H](O)c1nc(C(=O)OC)cs1)C(C)C. The van der Waals surface area contributed by atoms with E-state index in [1.165, 1.54) is 12.5 Å². The Morgan fingerprint density at radius 1 is 1.44 bits per heavy atom. The summed E-state index contributed by atoms with van der Waals surface area (Å²) in [5.74, 6) is -0.987. The second-order valence-electron chi connectivity index (χ2n) is 6.71. The largest absolute Gasteiger partial charge is 0.464 e. The first-order chi connectivity index (χ1) is 12.7. The Morgan fingerprint density at radius 2 is 2.11 bits per heavy atom. The van der Waals surface area contributed by atoms with Crippen LogP contribution in [0.5, 0.6) is 0 Å². The van der Waals surface area contributed by atoms with Crippen molar-refractivity contribution in [2.75, 3.05) is 7.11 Å². The molecule has 4 atom stereocenters. The van der Waals surface area contributed by atoms with Gasteiger partial charge in [0, 0.05) is 22.8 Å². The van der Waals surface area contributed by atoms with E-state index in [-0.39, 0.29) is 35.9 Å². The average molecular weight is 398 g/mol. The molecule has 0 aliphatic carbocycles. The van der Waals surface area contributed by atoms with Crippen molar-refractivity contribution in [3.63, 3.8) is 0 Å². The van der Waals surface area contributed by atoms with Gasteiger partial charge in [0.2, 0.25) is 5.91 Å². The second kappa shape index (κ2) is 10.9. The first-order valence-corrected chi connectivity index (χ1v) is 9.69. The van der Waals surface area contributed by atoms with Gasteiger partial charge in [0.25, 0.3) is 0 Å². The standard InChI is InChI=1S/C17H27N5O4S/c1-6-10(4)14(21-22-18)15(24)19-11(9(2)3)7-13(23)16-20-12(8-27-16)17(25)26-5/h8-11,13-14,23H,6-7H2,1-5H3,(H,19,24)/t10-,11+,13+,14?/m0/s1. The van der Waals surface area contributed by atoms with E-state index in [4.69, 9.17) is 5.53 Å². The molecule has 0 fully saturated rings. The zero-order valence-corrected chi connectivity index (χ0v) is 17.1. The lowest BCUT2D eigenvalue weighted by molar-refractivity contribution is -0.124. The highest BCUT2D eigenvalue weighted by atomic mass is 32.1. The summed E-state index contributed by atoms with van der Waals surface area (Å²) >= 11 is 1.16. The van der Waals surface area contributed by atoms with Gasteiger partial charge in [-0.25, -0.2) is 9.78 Å². The van der Waals surface area contributed by atoms with E-state index in [9.17, 15) is 14.7 Å². The first-order valence-electron chi connectivity index (χ1n) is 8.81. The van der Waals surface area contributed by atoms with Crippen LogP contribution in [-0.4, -0.2) is 41.2 Å². The van der Waals surface area contributed by atoms with Crippen molar-refractivity contribution in [2.45, 2.75) is 58.7 Å². The van der Waals surface area contributed by atoms with Crippen LogP contribution in [0.25, 0.3) is 10.4 Å².